The van der Waals surface area contributed by atoms with Gasteiger partial charge in [0, 0.05) is 11.3 Å². The van der Waals surface area contributed by atoms with Crippen LogP contribution in [0.3, 0.4) is 0 Å². The normalized spacial score (nSPS) is 15.4. The highest BCUT2D eigenvalue weighted by Gasteiger charge is 2.29. The van der Waals surface area contributed by atoms with Crippen molar-refractivity contribution in [3.05, 3.63) is 77.9 Å². The molecule has 1 aliphatic rings. The Morgan fingerprint density at radius 3 is 2.73 bits per heavy atom. The first-order valence-electron chi connectivity index (χ1n) is 8.30. The molecule has 0 bridgehead atoms. The molecular formula is C19H17N5O2. The predicted molar refractivity (Wildman–Crippen MR) is 95.5 cm³/mol. The van der Waals surface area contributed by atoms with Crippen molar-refractivity contribution >= 4 is 17.5 Å². The summed E-state index contributed by atoms with van der Waals surface area (Å²) in [6.07, 6.45) is 3.35. The molecule has 1 aromatic heterocycles. The number of nitrogens with one attached hydrogen (secondary N) is 2. The number of carbonyl (C=O) groups is 2. The first-order chi connectivity index (χ1) is 12.7. The Bertz CT molecular complexity index is 935. The van der Waals surface area contributed by atoms with Crippen molar-refractivity contribution in [2.75, 3.05) is 5.32 Å². The molecule has 1 unspecified atom stereocenters. The Labute approximate surface area is 150 Å². The van der Waals surface area contributed by atoms with Gasteiger partial charge in [-0.15, -0.1) is 0 Å². The molecule has 0 fully saturated rings. The number of anilines is 1. The number of aromatic nitrogens is 3. The van der Waals surface area contributed by atoms with Crippen molar-refractivity contribution in [3.63, 3.8) is 0 Å². The molecule has 7 heteroatoms. The second-order valence-electron chi connectivity index (χ2n) is 6.16. The SMILES string of the molecule is O=C(CC1NC(=O)c2ccccc21)Nc1ccc(Cn2cncn2)cc1. The second kappa shape index (κ2) is 6.79. The van der Waals surface area contributed by atoms with Crippen LogP contribution >= 0.6 is 0 Å². The summed E-state index contributed by atoms with van der Waals surface area (Å²) in [5, 5.41) is 9.80. The van der Waals surface area contributed by atoms with E-state index in [4.69, 9.17) is 0 Å². The third-order valence-electron chi connectivity index (χ3n) is 4.32. The van der Waals surface area contributed by atoms with Crippen LogP contribution in [0.2, 0.25) is 0 Å². The van der Waals surface area contributed by atoms with Crippen LogP contribution in [-0.4, -0.2) is 26.6 Å². The molecule has 2 amide bonds. The molecule has 0 saturated heterocycles. The standard InChI is InChI=1S/C19H17N5O2/c25-18(9-17-15-3-1-2-4-16(15)19(26)23-17)22-14-7-5-13(6-8-14)10-24-12-20-11-21-24/h1-8,11-12,17H,9-10H2,(H,22,25)(H,23,26). The number of fused-ring (bicyclic) bond motifs is 1. The minimum absolute atomic E-state index is 0.129. The van der Waals surface area contributed by atoms with E-state index in [0.29, 0.717) is 12.1 Å². The Kier molecular flexibility index (Phi) is 4.18. The van der Waals surface area contributed by atoms with Crippen molar-refractivity contribution in [2.45, 2.75) is 19.0 Å². The van der Waals surface area contributed by atoms with E-state index in [1.807, 2.05) is 42.5 Å². The molecule has 7 nitrogen and oxygen atoms in total. The van der Waals surface area contributed by atoms with E-state index < -0.39 is 0 Å². The Morgan fingerprint density at radius 1 is 1.15 bits per heavy atom. The maximum atomic E-state index is 12.3. The van der Waals surface area contributed by atoms with E-state index in [2.05, 4.69) is 20.7 Å². The van der Waals surface area contributed by atoms with Gasteiger partial charge in [-0.3, -0.25) is 9.59 Å². The maximum Gasteiger partial charge on any atom is 0.252 e. The summed E-state index contributed by atoms with van der Waals surface area (Å²) in [6, 6.07) is 14.6. The van der Waals surface area contributed by atoms with Crippen LogP contribution < -0.4 is 10.6 Å². The molecule has 1 aliphatic heterocycles. The molecule has 26 heavy (non-hydrogen) atoms. The highest BCUT2D eigenvalue weighted by Crippen LogP contribution is 2.27. The van der Waals surface area contributed by atoms with Crippen molar-refractivity contribution in [1.82, 2.24) is 20.1 Å². The summed E-state index contributed by atoms with van der Waals surface area (Å²) in [6.45, 7) is 0.624. The van der Waals surface area contributed by atoms with E-state index >= 15 is 0 Å². The molecule has 0 aliphatic carbocycles. The smallest absolute Gasteiger partial charge is 0.252 e. The average Bonchev–Trinajstić information content (AvgIpc) is 3.26. The zero-order valence-corrected chi connectivity index (χ0v) is 13.9. The van der Waals surface area contributed by atoms with E-state index in [9.17, 15) is 9.59 Å². The van der Waals surface area contributed by atoms with Crippen LogP contribution in [0, 0.1) is 0 Å². The van der Waals surface area contributed by atoms with Crippen molar-refractivity contribution in [1.29, 1.82) is 0 Å². The minimum atomic E-state index is -0.287. The number of rotatable bonds is 5. The Morgan fingerprint density at radius 2 is 1.96 bits per heavy atom. The third-order valence-corrected chi connectivity index (χ3v) is 4.32. The predicted octanol–water partition coefficient (Wildman–Crippen LogP) is 2.14. The fourth-order valence-electron chi connectivity index (χ4n) is 3.07. The lowest BCUT2D eigenvalue weighted by molar-refractivity contribution is -0.116. The average molecular weight is 347 g/mol. The highest BCUT2D eigenvalue weighted by molar-refractivity contribution is 6.00. The summed E-state index contributed by atoms with van der Waals surface area (Å²) in [7, 11) is 0. The number of amides is 2. The Hall–Kier alpha value is -3.48. The molecule has 2 aromatic carbocycles. The number of hydrogen-bond donors (Lipinski definition) is 2. The van der Waals surface area contributed by atoms with E-state index in [1.54, 1.807) is 17.1 Å². The van der Waals surface area contributed by atoms with Crippen LogP contribution in [0.15, 0.2) is 61.2 Å². The van der Waals surface area contributed by atoms with Crippen molar-refractivity contribution < 1.29 is 9.59 Å². The summed E-state index contributed by atoms with van der Waals surface area (Å²) >= 11 is 0. The summed E-state index contributed by atoms with van der Waals surface area (Å²) < 4.78 is 1.73. The van der Waals surface area contributed by atoms with Gasteiger partial charge in [-0.05, 0) is 29.3 Å². The van der Waals surface area contributed by atoms with Gasteiger partial charge in [-0.2, -0.15) is 5.10 Å². The van der Waals surface area contributed by atoms with Gasteiger partial charge in [0.2, 0.25) is 5.91 Å². The van der Waals surface area contributed by atoms with E-state index in [-0.39, 0.29) is 24.3 Å². The number of hydrogen-bond acceptors (Lipinski definition) is 4. The molecule has 2 N–H and O–H groups in total. The quantitative estimate of drug-likeness (QED) is 0.740. The van der Waals surface area contributed by atoms with Gasteiger partial charge >= 0.3 is 0 Å². The second-order valence-corrected chi connectivity index (χ2v) is 6.16. The minimum Gasteiger partial charge on any atom is -0.345 e. The van der Waals surface area contributed by atoms with Gasteiger partial charge in [0.15, 0.2) is 0 Å². The topological polar surface area (TPSA) is 88.9 Å². The molecule has 1 atom stereocenters. The van der Waals surface area contributed by atoms with Gasteiger partial charge < -0.3 is 10.6 Å². The molecule has 0 spiro atoms. The number of carbonyl (C=O) groups excluding carboxylic acids is 2. The van der Waals surface area contributed by atoms with Crippen LogP contribution in [0.25, 0.3) is 0 Å². The lowest BCUT2D eigenvalue weighted by Crippen LogP contribution is -2.24. The van der Waals surface area contributed by atoms with Crippen LogP contribution in [0.4, 0.5) is 5.69 Å². The fraction of sp³-hybridized carbons (Fsp3) is 0.158. The molecule has 0 radical (unpaired) electrons. The zero-order valence-electron chi connectivity index (χ0n) is 13.9. The first kappa shape index (κ1) is 16.0. The van der Waals surface area contributed by atoms with Crippen molar-refractivity contribution in [3.8, 4) is 0 Å². The molecule has 130 valence electrons. The molecular weight excluding hydrogens is 330 g/mol. The lowest BCUT2D eigenvalue weighted by Gasteiger charge is -2.12. The molecule has 2 heterocycles. The largest absolute Gasteiger partial charge is 0.345 e. The van der Waals surface area contributed by atoms with Crippen LogP contribution in [-0.2, 0) is 11.3 Å². The first-order valence-corrected chi connectivity index (χ1v) is 8.30. The summed E-state index contributed by atoms with van der Waals surface area (Å²) in [4.78, 5) is 28.2. The van der Waals surface area contributed by atoms with E-state index in [0.717, 1.165) is 16.8 Å². The van der Waals surface area contributed by atoms with Gasteiger partial charge in [0.25, 0.3) is 5.91 Å². The molecule has 0 saturated carbocycles. The monoisotopic (exact) mass is 347 g/mol. The molecule has 3 aromatic rings. The van der Waals surface area contributed by atoms with Crippen molar-refractivity contribution in [2.24, 2.45) is 0 Å². The van der Waals surface area contributed by atoms with Gasteiger partial charge in [-0.25, -0.2) is 9.67 Å². The highest BCUT2D eigenvalue weighted by atomic mass is 16.2. The number of nitrogens with zero attached hydrogens (tertiary/aromatic N) is 3. The third kappa shape index (κ3) is 3.32. The number of benzene rings is 2. The van der Waals surface area contributed by atoms with Gasteiger partial charge in [0.05, 0.1) is 19.0 Å². The lowest BCUT2D eigenvalue weighted by atomic mass is 10.0. The fourth-order valence-corrected chi connectivity index (χ4v) is 3.07. The maximum absolute atomic E-state index is 12.3. The van der Waals surface area contributed by atoms with Gasteiger partial charge in [-0.1, -0.05) is 30.3 Å². The summed E-state index contributed by atoms with van der Waals surface area (Å²) in [5.74, 6) is -0.271. The van der Waals surface area contributed by atoms with Gasteiger partial charge in [0.1, 0.15) is 12.7 Å². The van der Waals surface area contributed by atoms with Crippen LogP contribution in [0.5, 0.6) is 0 Å². The van der Waals surface area contributed by atoms with E-state index in [1.165, 1.54) is 6.33 Å². The molecule has 4 rings (SSSR count). The Balaban J connectivity index is 1.37. The zero-order chi connectivity index (χ0) is 17.9. The van der Waals surface area contributed by atoms with Crippen LogP contribution in [0.1, 0.15) is 33.9 Å². The summed E-state index contributed by atoms with van der Waals surface area (Å²) in [5.41, 5.74) is 3.29.